The van der Waals surface area contributed by atoms with Crippen molar-refractivity contribution in [1.29, 1.82) is 0 Å². The summed E-state index contributed by atoms with van der Waals surface area (Å²) in [7, 11) is 0. The molecule has 98 valence electrons. The van der Waals surface area contributed by atoms with Crippen LogP contribution in [0.2, 0.25) is 5.02 Å². The molecule has 0 saturated carbocycles. The number of anilines is 2. The quantitative estimate of drug-likeness (QED) is 0.579. The van der Waals surface area contributed by atoms with Gasteiger partial charge in [-0.1, -0.05) is 17.7 Å². The van der Waals surface area contributed by atoms with Gasteiger partial charge in [-0.3, -0.25) is 0 Å². The van der Waals surface area contributed by atoms with Crippen LogP contribution in [0.25, 0.3) is 0 Å². The second-order valence-electron chi connectivity index (χ2n) is 3.72. The van der Waals surface area contributed by atoms with Crippen molar-refractivity contribution in [1.82, 2.24) is 0 Å². The molecule has 0 aromatic heterocycles. The number of benzene rings is 2. The molecule has 0 aliphatic heterocycles. The molecule has 3 nitrogen and oxygen atoms in total. The molecule has 0 unspecified atom stereocenters. The first-order valence-corrected chi connectivity index (χ1v) is 6.16. The van der Waals surface area contributed by atoms with Crippen LogP contribution in [-0.2, 0) is 0 Å². The van der Waals surface area contributed by atoms with Gasteiger partial charge in [0.1, 0.15) is 0 Å². The Morgan fingerprint density at radius 1 is 1.11 bits per heavy atom. The second kappa shape index (κ2) is 5.86. The third-order valence-electron chi connectivity index (χ3n) is 2.34. The van der Waals surface area contributed by atoms with E-state index in [9.17, 15) is 9.50 Å². The number of phenolic OH excluding ortho intramolecular Hbond substituents is 1. The van der Waals surface area contributed by atoms with E-state index in [0.717, 1.165) is 11.8 Å². The van der Waals surface area contributed by atoms with Crippen LogP contribution in [0, 0.1) is 5.82 Å². The predicted octanol–water partition coefficient (Wildman–Crippen LogP) is 3.99. The molecule has 0 heterocycles. The number of phenols is 1. The van der Waals surface area contributed by atoms with Gasteiger partial charge in [0.25, 0.3) is 0 Å². The van der Waals surface area contributed by atoms with E-state index in [0.29, 0.717) is 5.02 Å². The number of thiocarbonyl (C=S) groups is 1. The molecule has 0 spiro atoms. The minimum atomic E-state index is -0.709. The Bertz CT molecular complexity index is 604. The third-order valence-corrected chi connectivity index (χ3v) is 2.79. The molecule has 0 saturated heterocycles. The Labute approximate surface area is 120 Å². The number of rotatable bonds is 2. The molecule has 0 bridgehead atoms. The maximum absolute atomic E-state index is 13.1. The molecule has 2 aromatic carbocycles. The fraction of sp³-hybridized carbons (Fsp3) is 0. The first-order chi connectivity index (χ1) is 9.06. The smallest absolute Gasteiger partial charge is 0.175 e. The Morgan fingerprint density at radius 3 is 2.47 bits per heavy atom. The summed E-state index contributed by atoms with van der Waals surface area (Å²) in [6.45, 7) is 0. The zero-order chi connectivity index (χ0) is 13.8. The first kappa shape index (κ1) is 13.6. The van der Waals surface area contributed by atoms with Crippen molar-refractivity contribution in [2.45, 2.75) is 0 Å². The predicted molar refractivity (Wildman–Crippen MR) is 79.4 cm³/mol. The average molecular weight is 297 g/mol. The van der Waals surface area contributed by atoms with Crippen LogP contribution in [0.1, 0.15) is 0 Å². The van der Waals surface area contributed by atoms with E-state index >= 15 is 0 Å². The van der Waals surface area contributed by atoms with E-state index in [-0.39, 0.29) is 10.8 Å². The Morgan fingerprint density at radius 2 is 1.79 bits per heavy atom. The summed E-state index contributed by atoms with van der Waals surface area (Å²) in [5.41, 5.74) is 0.934. The summed E-state index contributed by atoms with van der Waals surface area (Å²) >= 11 is 10.8. The van der Waals surface area contributed by atoms with Crippen molar-refractivity contribution >= 4 is 40.3 Å². The van der Waals surface area contributed by atoms with Gasteiger partial charge >= 0.3 is 0 Å². The number of para-hydroxylation sites is 1. The lowest BCUT2D eigenvalue weighted by molar-refractivity contribution is 0.435. The second-order valence-corrected chi connectivity index (χ2v) is 4.57. The minimum absolute atomic E-state index is 0.200. The molecule has 19 heavy (non-hydrogen) atoms. The van der Waals surface area contributed by atoms with Gasteiger partial charge in [0.05, 0.1) is 5.69 Å². The highest BCUT2D eigenvalue weighted by Gasteiger charge is 2.07. The van der Waals surface area contributed by atoms with Crippen LogP contribution in [-0.4, -0.2) is 10.2 Å². The van der Waals surface area contributed by atoms with Gasteiger partial charge in [-0.2, -0.15) is 0 Å². The number of aromatic hydroxyl groups is 1. The molecule has 0 fully saturated rings. The maximum atomic E-state index is 13.1. The summed E-state index contributed by atoms with van der Waals surface area (Å²) in [4.78, 5) is 0. The number of hydrogen-bond donors (Lipinski definition) is 3. The van der Waals surface area contributed by atoms with E-state index in [1.165, 1.54) is 12.1 Å². The molecule has 0 amide bonds. The molecule has 0 atom stereocenters. The SMILES string of the molecule is Oc1c(F)cccc1NC(=S)Nc1ccc(Cl)cc1. The lowest BCUT2D eigenvalue weighted by atomic mass is 10.3. The molecular formula is C13H10ClFN2OS. The molecular weight excluding hydrogens is 287 g/mol. The summed E-state index contributed by atoms with van der Waals surface area (Å²) in [5.74, 6) is -1.18. The van der Waals surface area contributed by atoms with Crippen LogP contribution < -0.4 is 10.6 Å². The largest absolute Gasteiger partial charge is 0.503 e. The highest BCUT2D eigenvalue weighted by atomic mass is 35.5. The molecule has 0 aliphatic carbocycles. The van der Waals surface area contributed by atoms with Crippen LogP contribution in [0.4, 0.5) is 15.8 Å². The molecule has 0 radical (unpaired) electrons. The highest BCUT2D eigenvalue weighted by Crippen LogP contribution is 2.26. The van der Waals surface area contributed by atoms with E-state index in [2.05, 4.69) is 10.6 Å². The van der Waals surface area contributed by atoms with E-state index in [1.54, 1.807) is 24.3 Å². The zero-order valence-corrected chi connectivity index (χ0v) is 11.2. The lowest BCUT2D eigenvalue weighted by Crippen LogP contribution is -2.19. The van der Waals surface area contributed by atoms with Crippen molar-refractivity contribution < 1.29 is 9.50 Å². The molecule has 2 aromatic rings. The monoisotopic (exact) mass is 296 g/mol. The summed E-state index contributed by atoms with van der Waals surface area (Å²) in [5, 5.41) is 16.0. The minimum Gasteiger partial charge on any atom is -0.503 e. The van der Waals surface area contributed by atoms with Crippen LogP contribution >= 0.6 is 23.8 Å². The fourth-order valence-corrected chi connectivity index (χ4v) is 1.79. The molecule has 0 aliphatic rings. The van der Waals surface area contributed by atoms with Gasteiger partial charge in [-0.15, -0.1) is 0 Å². The molecule has 2 rings (SSSR count). The normalized spacial score (nSPS) is 10.0. The lowest BCUT2D eigenvalue weighted by Gasteiger charge is -2.11. The summed E-state index contributed by atoms with van der Waals surface area (Å²) < 4.78 is 13.1. The van der Waals surface area contributed by atoms with Crippen LogP contribution in [0.15, 0.2) is 42.5 Å². The standard InChI is InChI=1S/C13H10ClFN2OS/c14-8-4-6-9(7-5-8)16-13(19)17-11-3-1-2-10(15)12(11)18/h1-7,18H,(H2,16,17,19). The number of hydrogen-bond acceptors (Lipinski definition) is 2. The van der Waals surface area contributed by atoms with Crippen molar-refractivity contribution in [2.75, 3.05) is 10.6 Å². The Hall–Kier alpha value is -1.85. The zero-order valence-electron chi connectivity index (χ0n) is 9.65. The third kappa shape index (κ3) is 3.56. The Kier molecular flexibility index (Phi) is 4.19. The first-order valence-electron chi connectivity index (χ1n) is 5.37. The molecule has 3 N–H and O–H groups in total. The Balaban J connectivity index is 2.05. The summed E-state index contributed by atoms with van der Waals surface area (Å²) in [6.07, 6.45) is 0. The van der Waals surface area contributed by atoms with Gasteiger partial charge in [-0.05, 0) is 48.6 Å². The van der Waals surface area contributed by atoms with Crippen molar-refractivity contribution in [3.8, 4) is 5.75 Å². The van der Waals surface area contributed by atoms with Crippen molar-refractivity contribution in [3.05, 3.63) is 53.3 Å². The van der Waals surface area contributed by atoms with E-state index in [1.807, 2.05) is 0 Å². The number of halogens is 2. The maximum Gasteiger partial charge on any atom is 0.175 e. The van der Waals surface area contributed by atoms with Gasteiger partial charge < -0.3 is 15.7 Å². The van der Waals surface area contributed by atoms with Gasteiger partial charge in [0, 0.05) is 10.7 Å². The van der Waals surface area contributed by atoms with Gasteiger partial charge in [-0.25, -0.2) is 4.39 Å². The van der Waals surface area contributed by atoms with Crippen LogP contribution in [0.3, 0.4) is 0 Å². The van der Waals surface area contributed by atoms with Crippen molar-refractivity contribution in [3.63, 3.8) is 0 Å². The van der Waals surface area contributed by atoms with E-state index in [4.69, 9.17) is 23.8 Å². The number of nitrogens with one attached hydrogen (secondary N) is 2. The molecule has 6 heteroatoms. The van der Waals surface area contributed by atoms with Gasteiger partial charge in [0.15, 0.2) is 16.7 Å². The summed E-state index contributed by atoms with van der Waals surface area (Å²) in [6, 6.07) is 11.1. The average Bonchev–Trinajstić information content (AvgIpc) is 2.38. The van der Waals surface area contributed by atoms with Crippen molar-refractivity contribution in [2.24, 2.45) is 0 Å². The van der Waals surface area contributed by atoms with E-state index < -0.39 is 11.6 Å². The van der Waals surface area contributed by atoms with Crippen LogP contribution in [0.5, 0.6) is 5.75 Å². The highest BCUT2D eigenvalue weighted by molar-refractivity contribution is 7.80. The van der Waals surface area contributed by atoms with Gasteiger partial charge in [0.2, 0.25) is 0 Å². The topological polar surface area (TPSA) is 44.3 Å². The fourth-order valence-electron chi connectivity index (χ4n) is 1.43.